The van der Waals surface area contributed by atoms with Crippen molar-refractivity contribution in [3.05, 3.63) is 16.8 Å². The van der Waals surface area contributed by atoms with Crippen molar-refractivity contribution < 1.29 is 9.53 Å². The lowest BCUT2D eigenvalue weighted by Gasteiger charge is -2.40. The van der Waals surface area contributed by atoms with Crippen LogP contribution in [0.25, 0.3) is 10.2 Å². The van der Waals surface area contributed by atoms with Crippen LogP contribution in [0.4, 0.5) is 5.82 Å². The first-order chi connectivity index (χ1) is 12.0. The average molecular weight is 359 g/mol. The molecule has 1 saturated heterocycles. The lowest BCUT2D eigenvalue weighted by molar-refractivity contribution is -0.154. The van der Waals surface area contributed by atoms with E-state index in [-0.39, 0.29) is 11.9 Å². The van der Waals surface area contributed by atoms with Crippen molar-refractivity contribution in [2.75, 3.05) is 25.1 Å². The minimum absolute atomic E-state index is 0.122. The molecule has 1 unspecified atom stereocenters. The number of esters is 1. The smallest absolute Gasteiger partial charge is 0.311 e. The number of thiophene rings is 1. The lowest BCUT2D eigenvalue weighted by atomic mass is 9.74. The predicted molar refractivity (Wildman–Crippen MR) is 100 cm³/mol. The molecule has 0 amide bonds. The minimum Gasteiger partial charge on any atom is -0.469 e. The van der Waals surface area contributed by atoms with Crippen LogP contribution in [0.15, 0.2) is 6.33 Å². The molecule has 0 saturated carbocycles. The van der Waals surface area contributed by atoms with Gasteiger partial charge in [0.05, 0.1) is 17.9 Å². The van der Waals surface area contributed by atoms with Crippen LogP contribution in [0.3, 0.4) is 0 Å². The van der Waals surface area contributed by atoms with E-state index in [1.165, 1.54) is 35.8 Å². The molecule has 25 heavy (non-hydrogen) atoms. The quantitative estimate of drug-likeness (QED) is 0.784. The van der Waals surface area contributed by atoms with Gasteiger partial charge in [-0.2, -0.15) is 0 Å². The molecule has 1 aliphatic carbocycles. The van der Waals surface area contributed by atoms with Gasteiger partial charge in [0, 0.05) is 18.0 Å². The first kappa shape index (κ1) is 16.8. The molecule has 0 bridgehead atoms. The van der Waals surface area contributed by atoms with Crippen molar-refractivity contribution in [3.8, 4) is 0 Å². The molecule has 1 fully saturated rings. The van der Waals surface area contributed by atoms with E-state index in [1.54, 1.807) is 6.33 Å². The van der Waals surface area contributed by atoms with E-state index in [0.29, 0.717) is 0 Å². The summed E-state index contributed by atoms with van der Waals surface area (Å²) in [6, 6.07) is 0. The highest BCUT2D eigenvalue weighted by molar-refractivity contribution is 7.19. The second-order valence-electron chi connectivity index (χ2n) is 7.73. The van der Waals surface area contributed by atoms with Crippen LogP contribution < -0.4 is 4.90 Å². The maximum Gasteiger partial charge on any atom is 0.311 e. The number of aromatic nitrogens is 2. The Morgan fingerprint density at radius 3 is 2.96 bits per heavy atom. The van der Waals surface area contributed by atoms with Gasteiger partial charge in [-0.1, -0.05) is 0 Å². The molecule has 2 aliphatic rings. The summed E-state index contributed by atoms with van der Waals surface area (Å²) in [5, 5.41) is 1.26. The summed E-state index contributed by atoms with van der Waals surface area (Å²) < 4.78 is 5.05. The summed E-state index contributed by atoms with van der Waals surface area (Å²) in [7, 11) is 1.48. The maximum absolute atomic E-state index is 12.2. The standard InChI is InChI=1S/C19H25N3O2S/c1-19(2,18(23)24-3)12-6-5-9-22(10-12)16-15-13-7-4-8-14(13)25-17(15)21-11-20-16/h11-12H,4-10H2,1-3H3. The van der Waals surface area contributed by atoms with Crippen LogP contribution in [0.1, 0.15) is 43.6 Å². The SMILES string of the molecule is COC(=O)C(C)(C)C1CCCN(c2ncnc3sc4c(c23)CCC4)C1. The Morgan fingerprint density at radius 1 is 1.32 bits per heavy atom. The molecule has 6 heteroatoms. The summed E-state index contributed by atoms with van der Waals surface area (Å²) in [6.07, 6.45) is 7.37. The molecule has 134 valence electrons. The molecule has 0 radical (unpaired) electrons. The Morgan fingerprint density at radius 2 is 2.16 bits per heavy atom. The number of rotatable bonds is 3. The predicted octanol–water partition coefficient (Wildman–Crippen LogP) is 3.60. The number of ether oxygens (including phenoxy) is 1. The number of hydrogen-bond acceptors (Lipinski definition) is 6. The number of carbonyl (C=O) groups is 1. The zero-order valence-electron chi connectivity index (χ0n) is 15.2. The van der Waals surface area contributed by atoms with E-state index in [1.807, 2.05) is 25.2 Å². The molecule has 0 N–H and O–H groups in total. The zero-order valence-corrected chi connectivity index (χ0v) is 16.0. The summed E-state index contributed by atoms with van der Waals surface area (Å²) >= 11 is 1.83. The molecule has 1 atom stereocenters. The lowest BCUT2D eigenvalue weighted by Crippen LogP contribution is -2.45. The second-order valence-corrected chi connectivity index (χ2v) is 8.82. The molecule has 0 spiro atoms. The Labute approximate surface area is 152 Å². The molecule has 4 rings (SSSR count). The molecule has 1 aliphatic heterocycles. The van der Waals surface area contributed by atoms with Gasteiger partial charge in [0.15, 0.2) is 0 Å². The number of nitrogens with zero attached hydrogens (tertiary/aromatic N) is 3. The third kappa shape index (κ3) is 2.71. The van der Waals surface area contributed by atoms with E-state index >= 15 is 0 Å². The van der Waals surface area contributed by atoms with Gasteiger partial charge >= 0.3 is 5.97 Å². The molecular weight excluding hydrogens is 334 g/mol. The van der Waals surface area contributed by atoms with Crippen molar-refractivity contribution in [1.29, 1.82) is 0 Å². The Hall–Kier alpha value is -1.69. The maximum atomic E-state index is 12.2. The van der Waals surface area contributed by atoms with Gasteiger partial charge in [0.1, 0.15) is 17.0 Å². The number of anilines is 1. The van der Waals surface area contributed by atoms with Crippen molar-refractivity contribution in [2.45, 2.75) is 46.0 Å². The molecular formula is C19H25N3O2S. The van der Waals surface area contributed by atoms with Crippen molar-refractivity contribution in [2.24, 2.45) is 11.3 Å². The monoisotopic (exact) mass is 359 g/mol. The number of fused-ring (bicyclic) bond motifs is 3. The van der Waals surface area contributed by atoms with Crippen LogP contribution in [0.5, 0.6) is 0 Å². The van der Waals surface area contributed by atoms with Gasteiger partial charge in [-0.05, 0) is 57.4 Å². The van der Waals surface area contributed by atoms with Crippen molar-refractivity contribution in [1.82, 2.24) is 9.97 Å². The average Bonchev–Trinajstić information content (AvgIpc) is 3.21. The van der Waals surface area contributed by atoms with Gasteiger partial charge in [-0.3, -0.25) is 4.79 Å². The summed E-state index contributed by atoms with van der Waals surface area (Å²) in [4.78, 5) is 26.4. The fraction of sp³-hybridized carbons (Fsp3) is 0.632. The van der Waals surface area contributed by atoms with Crippen LogP contribution in [-0.4, -0.2) is 36.1 Å². The highest BCUT2D eigenvalue weighted by Gasteiger charge is 2.40. The minimum atomic E-state index is -0.476. The van der Waals surface area contributed by atoms with E-state index < -0.39 is 5.41 Å². The van der Waals surface area contributed by atoms with Gasteiger partial charge in [-0.15, -0.1) is 11.3 Å². The zero-order chi connectivity index (χ0) is 17.6. The van der Waals surface area contributed by atoms with Gasteiger partial charge in [0.2, 0.25) is 0 Å². The molecule has 0 aromatic carbocycles. The molecule has 3 heterocycles. The number of hydrogen-bond donors (Lipinski definition) is 0. The summed E-state index contributed by atoms with van der Waals surface area (Å²) in [5.74, 6) is 1.21. The Bertz CT molecular complexity index is 814. The van der Waals surface area contributed by atoms with E-state index in [0.717, 1.165) is 43.0 Å². The van der Waals surface area contributed by atoms with E-state index in [2.05, 4.69) is 14.9 Å². The van der Waals surface area contributed by atoms with Crippen LogP contribution >= 0.6 is 11.3 Å². The third-order valence-corrected chi connectivity index (χ3v) is 7.13. The fourth-order valence-corrected chi connectivity index (χ4v) is 5.56. The third-order valence-electron chi connectivity index (χ3n) is 5.93. The number of methoxy groups -OCH3 is 1. The molecule has 2 aromatic rings. The first-order valence-corrected chi connectivity index (χ1v) is 9.92. The highest BCUT2D eigenvalue weighted by Crippen LogP contribution is 2.42. The van der Waals surface area contributed by atoms with Gasteiger partial charge in [-0.25, -0.2) is 9.97 Å². The van der Waals surface area contributed by atoms with Crippen molar-refractivity contribution >= 4 is 33.3 Å². The van der Waals surface area contributed by atoms with Crippen LogP contribution in [-0.2, 0) is 22.4 Å². The Balaban J connectivity index is 1.68. The number of aryl methyl sites for hydroxylation is 2. The number of piperidine rings is 1. The van der Waals surface area contributed by atoms with Crippen LogP contribution in [0.2, 0.25) is 0 Å². The molecule has 5 nitrogen and oxygen atoms in total. The largest absolute Gasteiger partial charge is 0.469 e. The first-order valence-electron chi connectivity index (χ1n) is 9.11. The van der Waals surface area contributed by atoms with E-state index in [9.17, 15) is 4.79 Å². The van der Waals surface area contributed by atoms with Crippen LogP contribution in [0, 0.1) is 11.3 Å². The number of carbonyl (C=O) groups excluding carboxylic acids is 1. The van der Waals surface area contributed by atoms with Gasteiger partial charge in [0.25, 0.3) is 0 Å². The topological polar surface area (TPSA) is 55.3 Å². The summed E-state index contributed by atoms with van der Waals surface area (Å²) in [5.41, 5.74) is 0.987. The Kier molecular flexibility index (Phi) is 4.18. The molecule has 2 aromatic heterocycles. The van der Waals surface area contributed by atoms with E-state index in [4.69, 9.17) is 4.74 Å². The normalized spacial score (nSPS) is 20.8. The highest BCUT2D eigenvalue weighted by atomic mass is 32.1. The summed E-state index contributed by atoms with van der Waals surface area (Å²) in [6.45, 7) is 5.85. The fourth-order valence-electron chi connectivity index (χ4n) is 4.34. The van der Waals surface area contributed by atoms with Crippen molar-refractivity contribution in [3.63, 3.8) is 0 Å². The van der Waals surface area contributed by atoms with Gasteiger partial charge < -0.3 is 9.64 Å². The second kappa shape index (κ2) is 6.24.